The number of alkyl halides is 1. The van der Waals surface area contributed by atoms with Gasteiger partial charge in [-0.15, -0.1) is 0 Å². The molecule has 0 radical (unpaired) electrons. The lowest BCUT2D eigenvalue weighted by Crippen LogP contribution is -2.33. The number of ether oxygens (including phenoxy) is 1. The molecular weight excluding hydrogens is 285 g/mol. The highest BCUT2D eigenvalue weighted by Gasteiger charge is 2.45. The molecule has 1 aliphatic rings. The van der Waals surface area contributed by atoms with E-state index in [0.29, 0.717) is 0 Å². The van der Waals surface area contributed by atoms with Crippen molar-refractivity contribution in [2.75, 3.05) is 12.1 Å². The van der Waals surface area contributed by atoms with E-state index in [4.69, 9.17) is 26.7 Å². The maximum atomic E-state index is 13.8. The van der Waals surface area contributed by atoms with Crippen LogP contribution in [0.15, 0.2) is 11.0 Å². The number of nitrogens with zero attached hydrogens (tertiary/aromatic N) is 2. The van der Waals surface area contributed by atoms with Crippen LogP contribution < -0.4 is 11.2 Å². The van der Waals surface area contributed by atoms with E-state index in [9.17, 15) is 14.3 Å². The Labute approximate surface area is 111 Å². The number of nitrogens with one attached hydrogen (secondary N) is 1. The predicted molar refractivity (Wildman–Crippen MR) is 60.8 cm³/mol. The monoisotopic (exact) mass is 295 g/mol. The molecular formula is C9H11ClFN3O5. The molecule has 4 unspecified atom stereocenters. The highest BCUT2D eigenvalue weighted by atomic mass is 35.5. The third kappa shape index (κ3) is 2.42. The standard InChI is InChI=1S/C9H11ClFN3O5/c10-3-1-14(9(17)12-7(3)13-18)8-5(11)6(16)4(2-15)19-8/h1,4-6,8,15-16,18H,2H2,(H,12,13,17). The second kappa shape index (κ2) is 5.39. The third-order valence-electron chi connectivity index (χ3n) is 2.76. The molecule has 2 heterocycles. The highest BCUT2D eigenvalue weighted by molar-refractivity contribution is 6.32. The number of aliphatic hydroxyl groups excluding tert-OH is 2. The average Bonchev–Trinajstić information content (AvgIpc) is 2.68. The maximum absolute atomic E-state index is 13.8. The Morgan fingerprint density at radius 1 is 1.63 bits per heavy atom. The first-order valence-electron chi connectivity index (χ1n) is 5.26. The van der Waals surface area contributed by atoms with Crippen LogP contribution >= 0.6 is 11.6 Å². The zero-order chi connectivity index (χ0) is 14.2. The Balaban J connectivity index is 2.38. The van der Waals surface area contributed by atoms with Crippen LogP contribution in [-0.4, -0.2) is 50.0 Å². The van der Waals surface area contributed by atoms with Gasteiger partial charge < -0.3 is 14.9 Å². The zero-order valence-corrected chi connectivity index (χ0v) is 10.2. The molecule has 0 aliphatic carbocycles. The normalized spacial score (nSPS) is 30.6. The molecule has 0 saturated carbocycles. The summed E-state index contributed by atoms with van der Waals surface area (Å²) in [6.07, 6.45) is -5.05. The van der Waals surface area contributed by atoms with E-state index >= 15 is 0 Å². The molecule has 1 aliphatic heterocycles. The summed E-state index contributed by atoms with van der Waals surface area (Å²) in [5.41, 5.74) is 0.682. The molecule has 10 heteroatoms. The molecule has 8 nitrogen and oxygen atoms in total. The summed E-state index contributed by atoms with van der Waals surface area (Å²) in [5, 5.41) is 26.9. The summed E-state index contributed by atoms with van der Waals surface area (Å²) in [7, 11) is 0. The molecule has 1 aromatic rings. The molecule has 4 N–H and O–H groups in total. The van der Waals surface area contributed by atoms with Gasteiger partial charge in [0, 0.05) is 6.20 Å². The number of rotatable bonds is 3. The Bertz CT molecular complexity index is 527. The summed E-state index contributed by atoms with van der Waals surface area (Å²) >= 11 is 5.70. The van der Waals surface area contributed by atoms with E-state index in [1.54, 1.807) is 5.48 Å². The smallest absolute Gasteiger partial charge is 0.351 e. The van der Waals surface area contributed by atoms with Gasteiger partial charge in [0.25, 0.3) is 0 Å². The van der Waals surface area contributed by atoms with E-state index < -0.39 is 36.9 Å². The van der Waals surface area contributed by atoms with Gasteiger partial charge in [-0.05, 0) is 0 Å². The number of hydrogen-bond acceptors (Lipinski definition) is 7. The molecule has 0 amide bonds. The molecule has 2 rings (SSSR count). The summed E-state index contributed by atoms with van der Waals surface area (Å²) in [4.78, 5) is 15.0. The van der Waals surface area contributed by atoms with E-state index in [1.807, 2.05) is 0 Å². The first-order chi connectivity index (χ1) is 8.99. The minimum Gasteiger partial charge on any atom is -0.394 e. The topological polar surface area (TPSA) is 117 Å². The molecule has 0 aromatic carbocycles. The van der Waals surface area contributed by atoms with Crippen LogP contribution in [-0.2, 0) is 4.74 Å². The van der Waals surface area contributed by atoms with Crippen LogP contribution in [0.1, 0.15) is 6.23 Å². The first kappa shape index (κ1) is 14.2. The Kier molecular flexibility index (Phi) is 4.02. The second-order valence-electron chi connectivity index (χ2n) is 3.92. The summed E-state index contributed by atoms with van der Waals surface area (Å²) in [5.74, 6) is -0.282. The van der Waals surface area contributed by atoms with Crippen molar-refractivity contribution in [2.24, 2.45) is 0 Å². The lowest BCUT2D eigenvalue weighted by molar-refractivity contribution is -0.0491. The van der Waals surface area contributed by atoms with Gasteiger partial charge in [-0.2, -0.15) is 4.98 Å². The van der Waals surface area contributed by atoms with Gasteiger partial charge in [0.15, 0.2) is 18.2 Å². The quantitative estimate of drug-likeness (QED) is 0.544. The highest BCUT2D eigenvalue weighted by Crippen LogP contribution is 2.31. The molecule has 0 spiro atoms. The third-order valence-corrected chi connectivity index (χ3v) is 3.04. The molecule has 0 bridgehead atoms. The largest absolute Gasteiger partial charge is 0.394 e. The average molecular weight is 296 g/mol. The molecule has 1 saturated heterocycles. The molecule has 1 aromatic heterocycles. The van der Waals surface area contributed by atoms with Crippen molar-refractivity contribution in [3.05, 3.63) is 21.7 Å². The lowest BCUT2D eigenvalue weighted by atomic mass is 10.1. The van der Waals surface area contributed by atoms with Crippen LogP contribution in [0.25, 0.3) is 0 Å². The van der Waals surface area contributed by atoms with Crippen LogP contribution in [0.5, 0.6) is 0 Å². The number of aliphatic hydroxyl groups is 2. The van der Waals surface area contributed by atoms with Crippen LogP contribution in [0.4, 0.5) is 10.2 Å². The number of anilines is 1. The summed E-state index contributed by atoms with van der Waals surface area (Å²) in [6, 6.07) is 0. The predicted octanol–water partition coefficient (Wildman–Crippen LogP) is -0.714. The van der Waals surface area contributed by atoms with Crippen molar-refractivity contribution in [3.63, 3.8) is 0 Å². The fourth-order valence-corrected chi connectivity index (χ4v) is 1.97. The van der Waals surface area contributed by atoms with Crippen molar-refractivity contribution in [3.8, 4) is 0 Å². The second-order valence-corrected chi connectivity index (χ2v) is 4.33. The fraction of sp³-hybridized carbons (Fsp3) is 0.556. The molecule has 4 atom stereocenters. The van der Waals surface area contributed by atoms with E-state index in [0.717, 1.165) is 10.8 Å². The first-order valence-corrected chi connectivity index (χ1v) is 5.64. The number of halogens is 2. The Morgan fingerprint density at radius 2 is 2.32 bits per heavy atom. The number of hydrogen-bond donors (Lipinski definition) is 4. The SMILES string of the molecule is O=c1nc(NO)c(Cl)cn1C1OC(CO)C(O)C1F. The molecule has 106 valence electrons. The van der Waals surface area contributed by atoms with E-state index in [1.165, 1.54) is 0 Å². The van der Waals surface area contributed by atoms with Gasteiger partial charge in [0.05, 0.1) is 6.61 Å². The summed E-state index contributed by atoms with van der Waals surface area (Å²) in [6.45, 7) is -0.593. The van der Waals surface area contributed by atoms with E-state index in [-0.39, 0.29) is 10.8 Å². The van der Waals surface area contributed by atoms with Crippen molar-refractivity contribution >= 4 is 17.4 Å². The Hall–Kier alpha value is -1.26. The van der Waals surface area contributed by atoms with Gasteiger partial charge in [-0.3, -0.25) is 15.3 Å². The Morgan fingerprint density at radius 3 is 2.84 bits per heavy atom. The van der Waals surface area contributed by atoms with Gasteiger partial charge in [0.1, 0.15) is 17.2 Å². The van der Waals surface area contributed by atoms with Gasteiger partial charge in [-0.1, -0.05) is 11.6 Å². The number of aromatic nitrogens is 2. The molecule has 19 heavy (non-hydrogen) atoms. The fourth-order valence-electron chi connectivity index (χ4n) is 1.78. The van der Waals surface area contributed by atoms with Crippen LogP contribution in [0.2, 0.25) is 5.02 Å². The van der Waals surface area contributed by atoms with E-state index in [2.05, 4.69) is 4.98 Å². The minimum atomic E-state index is -1.92. The lowest BCUT2D eigenvalue weighted by Gasteiger charge is -2.16. The van der Waals surface area contributed by atoms with Crippen molar-refractivity contribution in [1.82, 2.24) is 9.55 Å². The molecule has 1 fully saturated rings. The van der Waals surface area contributed by atoms with Crippen LogP contribution in [0.3, 0.4) is 0 Å². The maximum Gasteiger partial charge on any atom is 0.351 e. The van der Waals surface area contributed by atoms with Gasteiger partial charge >= 0.3 is 5.69 Å². The summed E-state index contributed by atoms with van der Waals surface area (Å²) < 4.78 is 19.6. The van der Waals surface area contributed by atoms with Crippen molar-refractivity contribution < 1.29 is 24.5 Å². The van der Waals surface area contributed by atoms with Crippen molar-refractivity contribution in [2.45, 2.75) is 24.6 Å². The minimum absolute atomic E-state index is 0.139. The van der Waals surface area contributed by atoms with Crippen LogP contribution in [0, 0.1) is 0 Å². The van der Waals surface area contributed by atoms with Gasteiger partial charge in [-0.25, -0.2) is 9.18 Å². The van der Waals surface area contributed by atoms with Crippen molar-refractivity contribution in [1.29, 1.82) is 0 Å². The zero-order valence-electron chi connectivity index (χ0n) is 9.40. The van der Waals surface area contributed by atoms with Gasteiger partial charge in [0.2, 0.25) is 0 Å².